The van der Waals surface area contributed by atoms with Crippen molar-refractivity contribution in [3.8, 4) is 22.9 Å². The van der Waals surface area contributed by atoms with E-state index in [4.69, 9.17) is 16.3 Å². The highest BCUT2D eigenvalue weighted by Gasteiger charge is 2.20. The Morgan fingerprint density at radius 3 is 2.44 bits per heavy atom. The second-order valence-corrected chi connectivity index (χ2v) is 10.1. The van der Waals surface area contributed by atoms with E-state index in [1.165, 1.54) is 42.3 Å². The average Bonchev–Trinajstić information content (AvgIpc) is 3.25. The predicted octanol–water partition coefficient (Wildman–Crippen LogP) is 4.10. The molecule has 10 nitrogen and oxygen atoms in total. The number of hydrogen-bond donors (Lipinski definition) is 2. The lowest BCUT2D eigenvalue weighted by Gasteiger charge is -2.14. The van der Waals surface area contributed by atoms with Crippen molar-refractivity contribution in [2.24, 2.45) is 7.05 Å². The van der Waals surface area contributed by atoms with E-state index in [2.05, 4.69) is 25.1 Å². The minimum Gasteiger partial charge on any atom is -0.439 e. The molecule has 0 atom stereocenters. The van der Waals surface area contributed by atoms with E-state index in [-0.39, 0.29) is 33.4 Å². The third kappa shape index (κ3) is 5.47. The van der Waals surface area contributed by atoms with Crippen LogP contribution in [0.4, 0.5) is 5.95 Å². The maximum absolute atomic E-state index is 12.9. The van der Waals surface area contributed by atoms with Crippen LogP contribution in [-0.2, 0) is 17.1 Å². The number of nitrogens with zero attached hydrogens (tertiary/aromatic N) is 4. The Labute approximate surface area is 213 Å². The number of carbonyl (C=O) groups excluding carboxylic acids is 1. The summed E-state index contributed by atoms with van der Waals surface area (Å²) in [7, 11) is -0.900. The second-order valence-electron chi connectivity index (χ2n) is 7.99. The summed E-state index contributed by atoms with van der Waals surface area (Å²) in [4.78, 5) is 20.8. The van der Waals surface area contributed by atoms with Gasteiger partial charge in [0.1, 0.15) is 10.6 Å². The highest BCUT2D eigenvalue weighted by Crippen LogP contribution is 2.32. The number of benzene rings is 2. The van der Waals surface area contributed by atoms with Crippen LogP contribution >= 0.6 is 11.6 Å². The number of amides is 1. The summed E-state index contributed by atoms with van der Waals surface area (Å²) in [5.41, 5.74) is 3.43. The first-order chi connectivity index (χ1) is 17.1. The number of carbonyl (C=O) groups is 1. The Morgan fingerprint density at radius 2 is 1.81 bits per heavy atom. The number of ether oxygens (including phenoxy) is 1. The maximum atomic E-state index is 12.9. The molecule has 36 heavy (non-hydrogen) atoms. The molecule has 2 aromatic carbocycles. The first-order valence-electron chi connectivity index (χ1n) is 10.7. The summed E-state index contributed by atoms with van der Waals surface area (Å²) in [6.07, 6.45) is 2.59. The van der Waals surface area contributed by atoms with Crippen LogP contribution in [0.5, 0.6) is 11.6 Å². The molecule has 0 bridgehead atoms. The summed E-state index contributed by atoms with van der Waals surface area (Å²) in [6.45, 7) is 3.86. The minimum absolute atomic E-state index is 0.0430. The fourth-order valence-electron chi connectivity index (χ4n) is 3.60. The molecule has 0 spiro atoms. The van der Waals surface area contributed by atoms with Crippen molar-refractivity contribution >= 4 is 33.5 Å². The molecule has 2 N–H and O–H groups in total. The Morgan fingerprint density at radius 1 is 1.08 bits per heavy atom. The zero-order chi connectivity index (χ0) is 26.0. The molecule has 4 aromatic rings. The molecule has 0 unspecified atom stereocenters. The lowest BCUT2D eigenvalue weighted by molar-refractivity contribution is 0.0962. The summed E-state index contributed by atoms with van der Waals surface area (Å²) in [5.74, 6) is -0.237. The first-order valence-corrected chi connectivity index (χ1v) is 12.6. The quantitative estimate of drug-likeness (QED) is 0.371. The molecule has 1 amide bonds. The van der Waals surface area contributed by atoms with E-state index in [0.29, 0.717) is 11.3 Å². The molecular weight excluding hydrogens is 504 g/mol. The maximum Gasteiger partial charge on any atom is 0.267 e. The Balaban J connectivity index is 1.80. The summed E-state index contributed by atoms with van der Waals surface area (Å²) < 4.78 is 35.5. The molecule has 0 saturated carbocycles. The summed E-state index contributed by atoms with van der Waals surface area (Å²) in [6, 6.07) is 11.9. The molecule has 0 aliphatic heterocycles. The SMILES string of the molecule is CNC(=O)c1cc(Cl)cc(Oc2cc(-c3c(C)cccc3C)nc(NS(=O)(=O)c3cnn(C)c3)n2)c1. The van der Waals surface area contributed by atoms with Crippen molar-refractivity contribution in [1.29, 1.82) is 0 Å². The van der Waals surface area contributed by atoms with E-state index in [1.807, 2.05) is 32.0 Å². The van der Waals surface area contributed by atoms with E-state index < -0.39 is 10.0 Å². The van der Waals surface area contributed by atoms with Gasteiger partial charge in [0.05, 0.1) is 11.9 Å². The number of nitrogens with one attached hydrogen (secondary N) is 2. The zero-order valence-electron chi connectivity index (χ0n) is 19.9. The van der Waals surface area contributed by atoms with Crippen molar-refractivity contribution < 1.29 is 17.9 Å². The summed E-state index contributed by atoms with van der Waals surface area (Å²) >= 11 is 6.18. The fourth-order valence-corrected chi connectivity index (χ4v) is 4.76. The van der Waals surface area contributed by atoms with Gasteiger partial charge in [-0.1, -0.05) is 29.8 Å². The van der Waals surface area contributed by atoms with Crippen LogP contribution in [0.15, 0.2) is 59.8 Å². The predicted molar refractivity (Wildman–Crippen MR) is 136 cm³/mol. The van der Waals surface area contributed by atoms with Crippen molar-refractivity contribution in [1.82, 2.24) is 25.1 Å². The molecular formula is C24H23ClN6O4S. The van der Waals surface area contributed by atoms with Crippen molar-refractivity contribution in [2.45, 2.75) is 18.7 Å². The van der Waals surface area contributed by atoms with Gasteiger partial charge in [-0.2, -0.15) is 10.1 Å². The molecule has 0 aliphatic carbocycles. The minimum atomic E-state index is -4.02. The average molecular weight is 527 g/mol. The lowest BCUT2D eigenvalue weighted by Crippen LogP contribution is -2.17. The zero-order valence-corrected chi connectivity index (χ0v) is 21.5. The molecule has 186 valence electrons. The number of aryl methyl sites for hydroxylation is 3. The molecule has 0 aliphatic rings. The molecule has 0 fully saturated rings. The van der Waals surface area contributed by atoms with Gasteiger partial charge in [0.25, 0.3) is 15.9 Å². The smallest absolute Gasteiger partial charge is 0.267 e. The van der Waals surface area contributed by atoms with Gasteiger partial charge >= 0.3 is 0 Å². The monoisotopic (exact) mass is 526 g/mol. The van der Waals surface area contributed by atoms with Gasteiger partial charge in [-0.25, -0.2) is 18.1 Å². The standard InChI is InChI=1S/C24H23ClN6O4S/c1-14-6-5-7-15(2)22(14)20-11-21(35-18-9-16(23(32)26-3)8-17(25)10-18)29-24(28-20)30-36(33,34)19-12-27-31(4)13-19/h5-13H,1-4H3,(H,26,32)(H,28,29,30). The topological polar surface area (TPSA) is 128 Å². The van der Waals surface area contributed by atoms with Crippen LogP contribution in [0.25, 0.3) is 11.3 Å². The first kappa shape index (κ1) is 25.1. The molecule has 2 heterocycles. The van der Waals surface area contributed by atoms with Gasteiger partial charge in [-0.15, -0.1) is 0 Å². The van der Waals surface area contributed by atoms with Crippen molar-refractivity contribution in [3.63, 3.8) is 0 Å². The van der Waals surface area contributed by atoms with Gasteiger partial charge in [-0.05, 0) is 43.2 Å². The molecule has 12 heteroatoms. The van der Waals surface area contributed by atoms with Crippen LogP contribution in [0, 0.1) is 13.8 Å². The van der Waals surface area contributed by atoms with Crippen molar-refractivity contribution in [3.05, 3.63) is 76.6 Å². The van der Waals surface area contributed by atoms with Crippen LogP contribution in [0.3, 0.4) is 0 Å². The van der Waals surface area contributed by atoms with Gasteiger partial charge < -0.3 is 10.1 Å². The number of aromatic nitrogens is 4. The number of hydrogen-bond acceptors (Lipinski definition) is 7. The third-order valence-electron chi connectivity index (χ3n) is 5.24. The van der Waals surface area contributed by atoms with E-state index in [1.54, 1.807) is 13.1 Å². The van der Waals surface area contributed by atoms with Gasteiger partial charge in [-0.3, -0.25) is 9.48 Å². The van der Waals surface area contributed by atoms with Crippen LogP contribution < -0.4 is 14.8 Å². The Hall–Kier alpha value is -3.96. The van der Waals surface area contributed by atoms with Gasteiger partial charge in [0.2, 0.25) is 11.8 Å². The van der Waals surface area contributed by atoms with Crippen molar-refractivity contribution in [2.75, 3.05) is 11.8 Å². The highest BCUT2D eigenvalue weighted by molar-refractivity contribution is 7.92. The van der Waals surface area contributed by atoms with E-state index in [0.717, 1.165) is 16.7 Å². The number of sulfonamides is 1. The summed E-state index contributed by atoms with van der Waals surface area (Å²) in [5, 5.41) is 6.73. The molecule has 2 aromatic heterocycles. The van der Waals surface area contributed by atoms with Gasteiger partial charge in [0.15, 0.2) is 0 Å². The number of rotatable bonds is 7. The Kier molecular flexibility index (Phi) is 6.95. The van der Waals surface area contributed by atoms with Gasteiger partial charge in [0, 0.05) is 42.5 Å². The normalized spacial score (nSPS) is 11.2. The van der Waals surface area contributed by atoms with Crippen LogP contribution in [0.1, 0.15) is 21.5 Å². The second kappa shape index (κ2) is 9.96. The largest absolute Gasteiger partial charge is 0.439 e. The molecule has 0 saturated heterocycles. The Bertz CT molecular complexity index is 1550. The van der Waals surface area contributed by atoms with E-state index >= 15 is 0 Å². The highest BCUT2D eigenvalue weighted by atomic mass is 35.5. The fraction of sp³-hybridized carbons (Fsp3) is 0.167. The van der Waals surface area contributed by atoms with Crippen LogP contribution in [0.2, 0.25) is 5.02 Å². The number of anilines is 1. The molecule has 4 rings (SSSR count). The number of halogens is 1. The third-order valence-corrected chi connectivity index (χ3v) is 6.74. The molecule has 0 radical (unpaired) electrons. The lowest BCUT2D eigenvalue weighted by atomic mass is 10.00. The van der Waals surface area contributed by atoms with E-state index in [9.17, 15) is 13.2 Å². The van der Waals surface area contributed by atoms with Crippen LogP contribution in [-0.4, -0.2) is 41.1 Å².